The second-order valence-electron chi connectivity index (χ2n) is 5.37. The van der Waals surface area contributed by atoms with Crippen LogP contribution in [0, 0.1) is 0 Å². The maximum absolute atomic E-state index is 11.4. The van der Waals surface area contributed by atoms with E-state index in [0.717, 1.165) is 26.1 Å². The van der Waals surface area contributed by atoms with Crippen LogP contribution in [-0.2, 0) is 9.53 Å². The van der Waals surface area contributed by atoms with Crippen LogP contribution in [0.1, 0.15) is 33.1 Å². The zero-order valence-electron chi connectivity index (χ0n) is 10.4. The highest BCUT2D eigenvalue weighted by molar-refractivity contribution is 8.00. The van der Waals surface area contributed by atoms with E-state index < -0.39 is 11.5 Å². The number of hydrogen-bond donors (Lipinski definition) is 2. The lowest BCUT2D eigenvalue weighted by atomic mass is 9.96. The topological polar surface area (TPSA) is 58.6 Å². The van der Waals surface area contributed by atoms with Gasteiger partial charge < -0.3 is 9.84 Å². The Morgan fingerprint density at radius 3 is 2.65 bits per heavy atom. The first-order valence-corrected chi connectivity index (χ1v) is 7.18. The van der Waals surface area contributed by atoms with Crippen LogP contribution in [0.5, 0.6) is 0 Å². The van der Waals surface area contributed by atoms with E-state index in [0.29, 0.717) is 23.0 Å². The molecular weight excluding hydrogens is 238 g/mol. The summed E-state index contributed by atoms with van der Waals surface area (Å²) in [6.45, 7) is 5.55. The zero-order valence-corrected chi connectivity index (χ0v) is 11.3. The molecule has 2 atom stereocenters. The molecule has 2 unspecified atom stereocenters. The number of hydrogen-bond acceptors (Lipinski definition) is 4. The molecule has 0 amide bonds. The van der Waals surface area contributed by atoms with Crippen LogP contribution in [0.3, 0.4) is 0 Å². The van der Waals surface area contributed by atoms with E-state index in [1.807, 2.05) is 18.7 Å². The molecule has 2 fully saturated rings. The number of rotatable bonds is 7. The van der Waals surface area contributed by atoms with Crippen molar-refractivity contribution in [2.24, 2.45) is 0 Å². The number of nitrogens with one attached hydrogen (secondary N) is 1. The lowest BCUT2D eigenvalue weighted by Crippen LogP contribution is -2.52. The number of carboxylic acids is 1. The molecule has 5 heteroatoms. The van der Waals surface area contributed by atoms with Gasteiger partial charge in [0, 0.05) is 11.3 Å². The summed E-state index contributed by atoms with van der Waals surface area (Å²) in [5, 5.41) is 13.5. The Hall–Kier alpha value is -0.260. The highest BCUT2D eigenvalue weighted by atomic mass is 32.2. The second-order valence-corrected chi connectivity index (χ2v) is 7.11. The summed E-state index contributed by atoms with van der Waals surface area (Å²) in [5.41, 5.74) is -0.780. The molecule has 98 valence electrons. The van der Waals surface area contributed by atoms with Crippen molar-refractivity contribution in [2.45, 2.75) is 55.2 Å². The molecule has 1 heterocycles. The summed E-state index contributed by atoms with van der Waals surface area (Å²) in [6, 6.07) is 0.417. The van der Waals surface area contributed by atoms with Crippen LogP contribution in [0.4, 0.5) is 0 Å². The van der Waals surface area contributed by atoms with E-state index in [4.69, 9.17) is 4.74 Å². The van der Waals surface area contributed by atoms with Gasteiger partial charge in [-0.2, -0.15) is 11.8 Å². The van der Waals surface area contributed by atoms with Gasteiger partial charge in [-0.15, -0.1) is 0 Å². The van der Waals surface area contributed by atoms with Crippen LogP contribution < -0.4 is 5.32 Å². The average Bonchev–Trinajstić information content (AvgIpc) is 2.94. The third-order valence-corrected chi connectivity index (χ3v) is 4.59. The van der Waals surface area contributed by atoms with Crippen LogP contribution in [0.15, 0.2) is 0 Å². The predicted molar refractivity (Wildman–Crippen MR) is 68.5 cm³/mol. The third-order valence-electron chi connectivity index (χ3n) is 3.30. The fourth-order valence-electron chi connectivity index (χ4n) is 2.13. The Kier molecular flexibility index (Phi) is 4.00. The third kappa shape index (κ3) is 3.60. The van der Waals surface area contributed by atoms with E-state index in [2.05, 4.69) is 12.2 Å². The van der Waals surface area contributed by atoms with Gasteiger partial charge in [-0.3, -0.25) is 10.1 Å². The van der Waals surface area contributed by atoms with Crippen molar-refractivity contribution in [3.8, 4) is 0 Å². The summed E-state index contributed by atoms with van der Waals surface area (Å²) < 4.78 is 5.14. The monoisotopic (exact) mass is 259 g/mol. The van der Waals surface area contributed by atoms with Crippen molar-refractivity contribution in [3.05, 3.63) is 0 Å². The van der Waals surface area contributed by atoms with E-state index >= 15 is 0 Å². The minimum atomic E-state index is -0.780. The Bertz CT molecular complexity index is 291. The van der Waals surface area contributed by atoms with Crippen LogP contribution in [0.2, 0.25) is 0 Å². The van der Waals surface area contributed by atoms with E-state index in [-0.39, 0.29) is 0 Å². The van der Waals surface area contributed by atoms with E-state index in [1.165, 1.54) is 0 Å². The maximum Gasteiger partial charge on any atom is 0.323 e. The molecule has 2 aliphatic rings. The van der Waals surface area contributed by atoms with Crippen molar-refractivity contribution in [1.29, 1.82) is 0 Å². The minimum absolute atomic E-state index is 0.344. The van der Waals surface area contributed by atoms with Crippen molar-refractivity contribution >= 4 is 17.7 Å². The lowest BCUT2D eigenvalue weighted by Gasteiger charge is -2.33. The maximum atomic E-state index is 11.4. The molecule has 1 aliphatic carbocycles. The van der Waals surface area contributed by atoms with Gasteiger partial charge in [0.2, 0.25) is 0 Å². The molecule has 1 saturated heterocycles. The van der Waals surface area contributed by atoms with Gasteiger partial charge in [0.15, 0.2) is 0 Å². The number of carboxylic acid groups (broad SMARTS) is 1. The average molecular weight is 259 g/mol. The zero-order chi connectivity index (χ0) is 12.5. The standard InChI is InChI=1S/C12H21NO3S/c1-8(17-10-6-16-7-10)5-12(2,11(14)15)13-9-3-4-9/h8-10,13H,3-7H2,1-2H3,(H,14,15). The van der Waals surface area contributed by atoms with Crippen molar-refractivity contribution in [2.75, 3.05) is 13.2 Å². The van der Waals surface area contributed by atoms with Gasteiger partial charge in [0.05, 0.1) is 18.5 Å². The molecule has 1 saturated carbocycles. The molecule has 0 aromatic heterocycles. The molecule has 17 heavy (non-hydrogen) atoms. The summed E-state index contributed by atoms with van der Waals surface area (Å²) in [4.78, 5) is 11.4. The minimum Gasteiger partial charge on any atom is -0.480 e. The number of ether oxygens (including phenoxy) is 1. The first-order chi connectivity index (χ1) is 7.99. The fraction of sp³-hybridized carbons (Fsp3) is 0.917. The molecule has 0 aromatic carbocycles. The van der Waals surface area contributed by atoms with Crippen molar-refractivity contribution in [3.63, 3.8) is 0 Å². The predicted octanol–water partition coefficient (Wildman–Crippen LogP) is 1.49. The van der Waals surface area contributed by atoms with Gasteiger partial charge in [-0.05, 0) is 26.2 Å². The largest absolute Gasteiger partial charge is 0.480 e. The molecule has 0 aromatic rings. The van der Waals surface area contributed by atoms with Gasteiger partial charge >= 0.3 is 5.97 Å². The highest BCUT2D eigenvalue weighted by Crippen LogP contribution is 2.31. The SMILES string of the molecule is CC(CC(C)(NC1CC1)C(=O)O)SC1COC1. The normalized spacial score (nSPS) is 26.0. The second kappa shape index (κ2) is 5.16. The first-order valence-electron chi connectivity index (χ1n) is 6.24. The highest BCUT2D eigenvalue weighted by Gasteiger charge is 2.40. The van der Waals surface area contributed by atoms with Gasteiger partial charge in [0.25, 0.3) is 0 Å². The summed E-state index contributed by atoms with van der Waals surface area (Å²) in [5.74, 6) is -0.735. The Morgan fingerprint density at radius 1 is 1.59 bits per heavy atom. The summed E-state index contributed by atoms with van der Waals surface area (Å²) in [7, 11) is 0. The van der Waals surface area contributed by atoms with E-state index in [9.17, 15) is 9.90 Å². The Balaban J connectivity index is 1.83. The molecule has 4 nitrogen and oxygen atoms in total. The van der Waals surface area contributed by atoms with E-state index in [1.54, 1.807) is 0 Å². The van der Waals surface area contributed by atoms with Gasteiger partial charge in [-0.25, -0.2) is 0 Å². The lowest BCUT2D eigenvalue weighted by molar-refractivity contribution is -0.144. The number of thioether (sulfide) groups is 1. The van der Waals surface area contributed by atoms with Crippen LogP contribution >= 0.6 is 11.8 Å². The van der Waals surface area contributed by atoms with Gasteiger partial charge in [-0.1, -0.05) is 6.92 Å². The van der Waals surface area contributed by atoms with Crippen LogP contribution in [-0.4, -0.2) is 46.4 Å². The Morgan fingerprint density at radius 2 is 2.24 bits per heavy atom. The molecule has 0 radical (unpaired) electrons. The first kappa shape index (κ1) is 13.2. The molecule has 1 aliphatic heterocycles. The smallest absolute Gasteiger partial charge is 0.323 e. The molecular formula is C12H21NO3S. The number of carbonyl (C=O) groups is 1. The number of aliphatic carboxylic acids is 1. The quantitative estimate of drug-likeness (QED) is 0.725. The molecule has 0 bridgehead atoms. The van der Waals surface area contributed by atoms with Crippen molar-refractivity contribution < 1.29 is 14.6 Å². The van der Waals surface area contributed by atoms with Crippen LogP contribution in [0.25, 0.3) is 0 Å². The molecule has 0 spiro atoms. The fourth-order valence-corrected chi connectivity index (χ4v) is 3.57. The molecule has 2 rings (SSSR count). The molecule has 2 N–H and O–H groups in total. The Labute approximate surface area is 106 Å². The van der Waals surface area contributed by atoms with Gasteiger partial charge in [0.1, 0.15) is 5.54 Å². The summed E-state index contributed by atoms with van der Waals surface area (Å²) in [6.07, 6.45) is 2.89. The summed E-state index contributed by atoms with van der Waals surface area (Å²) >= 11 is 1.85. The van der Waals surface area contributed by atoms with Crippen molar-refractivity contribution in [1.82, 2.24) is 5.32 Å².